The Hall–Kier alpha value is -2.69. The summed E-state index contributed by atoms with van der Waals surface area (Å²) in [5.74, 6) is 0.422. The topological polar surface area (TPSA) is 62.3 Å². The number of anilines is 1. The van der Waals surface area contributed by atoms with E-state index in [9.17, 15) is 9.59 Å². The van der Waals surface area contributed by atoms with E-state index in [1.807, 2.05) is 49.4 Å². The second kappa shape index (κ2) is 7.25. The molecule has 5 heteroatoms. The molecule has 1 aromatic carbocycles. The van der Waals surface area contributed by atoms with Crippen LogP contribution in [0.4, 0.5) is 5.82 Å². The number of likely N-dealkylation sites (tertiary alicyclic amines) is 1. The average molecular weight is 323 g/mol. The van der Waals surface area contributed by atoms with Crippen molar-refractivity contribution >= 4 is 17.6 Å². The van der Waals surface area contributed by atoms with E-state index in [-0.39, 0.29) is 17.7 Å². The van der Waals surface area contributed by atoms with E-state index < -0.39 is 0 Å². The maximum atomic E-state index is 12.6. The Balaban J connectivity index is 1.73. The molecule has 5 nitrogen and oxygen atoms in total. The monoisotopic (exact) mass is 323 g/mol. The Morgan fingerprint density at radius 1 is 1.21 bits per heavy atom. The lowest BCUT2D eigenvalue weighted by Gasteiger charge is -2.16. The van der Waals surface area contributed by atoms with Gasteiger partial charge in [-0.3, -0.25) is 9.59 Å². The number of nitrogens with zero attached hydrogens (tertiary/aromatic N) is 2. The Bertz CT molecular complexity index is 730. The standard InChI is InChI=1S/C19H21N3O2/c1-2-17(23)22-12-10-15(13-22)19(24)21-18-16(9-6-11-20-18)14-7-4-3-5-8-14/h3-9,11,15H,2,10,12-13H2,1H3,(H,20,21,24)/t15-/m0/s1. The van der Waals surface area contributed by atoms with Crippen molar-refractivity contribution in [2.75, 3.05) is 18.4 Å². The Morgan fingerprint density at radius 2 is 2.00 bits per heavy atom. The van der Waals surface area contributed by atoms with Crippen molar-refractivity contribution in [2.45, 2.75) is 19.8 Å². The first kappa shape index (κ1) is 16.2. The SMILES string of the molecule is CCC(=O)N1CC[C@H](C(=O)Nc2ncccc2-c2ccccc2)C1. The molecule has 0 unspecified atom stereocenters. The molecule has 0 aliphatic carbocycles. The molecule has 3 rings (SSSR count). The molecular formula is C19H21N3O2. The van der Waals surface area contributed by atoms with Crippen LogP contribution in [-0.2, 0) is 9.59 Å². The van der Waals surface area contributed by atoms with Crippen LogP contribution in [0.1, 0.15) is 19.8 Å². The highest BCUT2D eigenvalue weighted by Gasteiger charge is 2.30. The number of hydrogen-bond donors (Lipinski definition) is 1. The number of amides is 2. The van der Waals surface area contributed by atoms with Gasteiger partial charge in [-0.1, -0.05) is 37.3 Å². The van der Waals surface area contributed by atoms with Gasteiger partial charge in [0, 0.05) is 31.3 Å². The number of hydrogen-bond acceptors (Lipinski definition) is 3. The number of carbonyl (C=O) groups excluding carboxylic acids is 2. The highest BCUT2D eigenvalue weighted by atomic mass is 16.2. The Kier molecular flexibility index (Phi) is 4.89. The zero-order valence-corrected chi connectivity index (χ0v) is 13.7. The number of rotatable bonds is 4. The molecule has 0 bridgehead atoms. The number of benzene rings is 1. The van der Waals surface area contributed by atoms with Gasteiger partial charge >= 0.3 is 0 Å². The van der Waals surface area contributed by atoms with Crippen LogP contribution in [0.2, 0.25) is 0 Å². The van der Waals surface area contributed by atoms with Crippen molar-refractivity contribution in [3.05, 3.63) is 48.7 Å². The second-order valence-corrected chi connectivity index (χ2v) is 5.93. The normalized spacial score (nSPS) is 16.9. The molecule has 2 heterocycles. The molecule has 1 aromatic heterocycles. The van der Waals surface area contributed by atoms with E-state index in [4.69, 9.17) is 0 Å². The molecule has 2 aromatic rings. The summed E-state index contributed by atoms with van der Waals surface area (Å²) in [5.41, 5.74) is 1.90. The minimum Gasteiger partial charge on any atom is -0.342 e. The zero-order valence-electron chi connectivity index (χ0n) is 13.7. The van der Waals surface area contributed by atoms with Gasteiger partial charge in [-0.2, -0.15) is 0 Å². The van der Waals surface area contributed by atoms with Crippen molar-refractivity contribution in [3.63, 3.8) is 0 Å². The number of aromatic nitrogens is 1. The first-order valence-corrected chi connectivity index (χ1v) is 8.28. The predicted molar refractivity (Wildman–Crippen MR) is 93.3 cm³/mol. The number of pyridine rings is 1. The maximum absolute atomic E-state index is 12.6. The third-order valence-electron chi connectivity index (χ3n) is 4.35. The van der Waals surface area contributed by atoms with E-state index >= 15 is 0 Å². The first-order chi connectivity index (χ1) is 11.7. The first-order valence-electron chi connectivity index (χ1n) is 8.28. The van der Waals surface area contributed by atoms with E-state index in [1.165, 1.54) is 0 Å². The summed E-state index contributed by atoms with van der Waals surface area (Å²) in [6.45, 7) is 2.99. The lowest BCUT2D eigenvalue weighted by molar-refractivity contribution is -0.130. The number of carbonyl (C=O) groups is 2. The van der Waals surface area contributed by atoms with Gasteiger partial charge in [0.2, 0.25) is 11.8 Å². The lowest BCUT2D eigenvalue weighted by atomic mass is 10.1. The summed E-state index contributed by atoms with van der Waals surface area (Å²) in [7, 11) is 0. The third-order valence-corrected chi connectivity index (χ3v) is 4.35. The van der Waals surface area contributed by atoms with Crippen molar-refractivity contribution in [1.82, 2.24) is 9.88 Å². The molecule has 0 radical (unpaired) electrons. The van der Waals surface area contributed by atoms with E-state index in [0.29, 0.717) is 31.7 Å². The fourth-order valence-electron chi connectivity index (χ4n) is 3.00. The molecule has 2 amide bonds. The average Bonchev–Trinajstić information content (AvgIpc) is 3.12. The van der Waals surface area contributed by atoms with E-state index in [2.05, 4.69) is 10.3 Å². The fraction of sp³-hybridized carbons (Fsp3) is 0.316. The Morgan fingerprint density at radius 3 is 2.75 bits per heavy atom. The molecule has 0 spiro atoms. The van der Waals surface area contributed by atoms with Crippen molar-refractivity contribution in [1.29, 1.82) is 0 Å². The van der Waals surface area contributed by atoms with Crippen LogP contribution in [-0.4, -0.2) is 34.8 Å². The van der Waals surface area contributed by atoms with Gasteiger partial charge in [0.1, 0.15) is 5.82 Å². The molecule has 24 heavy (non-hydrogen) atoms. The van der Waals surface area contributed by atoms with E-state index in [0.717, 1.165) is 11.1 Å². The highest BCUT2D eigenvalue weighted by Crippen LogP contribution is 2.27. The minimum atomic E-state index is -0.175. The van der Waals surface area contributed by atoms with Crippen molar-refractivity contribution in [3.8, 4) is 11.1 Å². The van der Waals surface area contributed by atoms with Crippen molar-refractivity contribution < 1.29 is 9.59 Å². The molecule has 1 fully saturated rings. The molecule has 1 aliphatic heterocycles. The van der Waals surface area contributed by atoms with Gasteiger partial charge in [0.25, 0.3) is 0 Å². The van der Waals surface area contributed by atoms with Crippen LogP contribution in [0.25, 0.3) is 11.1 Å². The summed E-state index contributed by atoms with van der Waals surface area (Å²) < 4.78 is 0. The molecular weight excluding hydrogens is 302 g/mol. The summed E-state index contributed by atoms with van der Waals surface area (Å²) in [5, 5.41) is 2.94. The fourth-order valence-corrected chi connectivity index (χ4v) is 3.00. The van der Waals surface area contributed by atoms with Gasteiger partial charge in [-0.05, 0) is 24.1 Å². The van der Waals surface area contributed by atoms with E-state index in [1.54, 1.807) is 11.1 Å². The zero-order chi connectivity index (χ0) is 16.9. The van der Waals surface area contributed by atoms with Crippen LogP contribution >= 0.6 is 0 Å². The quantitative estimate of drug-likeness (QED) is 0.941. The lowest BCUT2D eigenvalue weighted by Crippen LogP contribution is -2.31. The van der Waals surface area contributed by atoms with Crippen LogP contribution in [0, 0.1) is 5.92 Å². The van der Waals surface area contributed by atoms with Gasteiger partial charge in [0.05, 0.1) is 5.92 Å². The molecule has 1 aliphatic rings. The number of nitrogens with one attached hydrogen (secondary N) is 1. The highest BCUT2D eigenvalue weighted by molar-refractivity contribution is 5.96. The Labute approximate surface area is 141 Å². The van der Waals surface area contributed by atoms with Gasteiger partial charge in [-0.15, -0.1) is 0 Å². The third kappa shape index (κ3) is 3.45. The summed E-state index contributed by atoms with van der Waals surface area (Å²) in [6, 6.07) is 13.6. The minimum absolute atomic E-state index is 0.0720. The van der Waals surface area contributed by atoms with Crippen molar-refractivity contribution in [2.24, 2.45) is 5.92 Å². The van der Waals surface area contributed by atoms with Crippen LogP contribution in [0.5, 0.6) is 0 Å². The second-order valence-electron chi connectivity index (χ2n) is 5.93. The summed E-state index contributed by atoms with van der Waals surface area (Å²) in [4.78, 5) is 30.4. The van der Waals surface area contributed by atoms with Gasteiger partial charge in [-0.25, -0.2) is 4.98 Å². The smallest absolute Gasteiger partial charge is 0.230 e. The van der Waals surface area contributed by atoms with Crippen LogP contribution < -0.4 is 5.32 Å². The molecule has 1 saturated heterocycles. The van der Waals surface area contributed by atoms with Crippen LogP contribution in [0.3, 0.4) is 0 Å². The molecule has 0 saturated carbocycles. The molecule has 1 atom stereocenters. The van der Waals surface area contributed by atoms with Crippen LogP contribution in [0.15, 0.2) is 48.7 Å². The van der Waals surface area contributed by atoms with Gasteiger partial charge < -0.3 is 10.2 Å². The maximum Gasteiger partial charge on any atom is 0.230 e. The summed E-state index contributed by atoms with van der Waals surface area (Å²) >= 11 is 0. The van der Waals surface area contributed by atoms with Gasteiger partial charge in [0.15, 0.2) is 0 Å². The molecule has 124 valence electrons. The molecule has 1 N–H and O–H groups in total. The largest absolute Gasteiger partial charge is 0.342 e. The predicted octanol–water partition coefficient (Wildman–Crippen LogP) is 2.95. The summed E-state index contributed by atoms with van der Waals surface area (Å²) in [6.07, 6.45) is 2.85.